The highest BCUT2D eigenvalue weighted by molar-refractivity contribution is 9.10. The van der Waals surface area contributed by atoms with Gasteiger partial charge in [0.15, 0.2) is 0 Å². The number of nitrogens with two attached hydrogens (primary N) is 1. The molecule has 0 radical (unpaired) electrons. The Kier molecular flexibility index (Phi) is 5.18. The summed E-state index contributed by atoms with van der Waals surface area (Å²) in [6, 6.07) is 8.75. The SMILES string of the molecule is CN(Cc1ccc(Br)cc1)CC1COCCC1N. The normalized spacial score (nSPS) is 24.4. The van der Waals surface area contributed by atoms with Crippen LogP contribution in [0.3, 0.4) is 0 Å². The van der Waals surface area contributed by atoms with Crippen LogP contribution in [0.1, 0.15) is 12.0 Å². The summed E-state index contributed by atoms with van der Waals surface area (Å²) in [5.41, 5.74) is 7.45. The van der Waals surface area contributed by atoms with E-state index in [0.717, 1.165) is 37.2 Å². The highest BCUT2D eigenvalue weighted by Gasteiger charge is 2.23. The van der Waals surface area contributed by atoms with Gasteiger partial charge in [-0.15, -0.1) is 0 Å². The van der Waals surface area contributed by atoms with Gasteiger partial charge in [-0.05, 0) is 31.2 Å². The molecule has 0 spiro atoms. The molecule has 1 aliphatic heterocycles. The van der Waals surface area contributed by atoms with Gasteiger partial charge in [-0.25, -0.2) is 0 Å². The van der Waals surface area contributed by atoms with E-state index in [0.29, 0.717) is 5.92 Å². The van der Waals surface area contributed by atoms with Gasteiger partial charge in [0.25, 0.3) is 0 Å². The molecule has 1 aromatic carbocycles. The molecule has 0 amide bonds. The van der Waals surface area contributed by atoms with E-state index in [1.165, 1.54) is 5.56 Å². The monoisotopic (exact) mass is 312 g/mol. The molecule has 0 bridgehead atoms. The summed E-state index contributed by atoms with van der Waals surface area (Å²) in [6.45, 7) is 3.56. The van der Waals surface area contributed by atoms with Crippen molar-refractivity contribution in [2.45, 2.75) is 19.0 Å². The largest absolute Gasteiger partial charge is 0.381 e. The fraction of sp³-hybridized carbons (Fsp3) is 0.571. The quantitative estimate of drug-likeness (QED) is 0.926. The number of hydrogen-bond donors (Lipinski definition) is 1. The number of halogens is 1. The first-order valence-electron chi connectivity index (χ1n) is 6.41. The second-order valence-electron chi connectivity index (χ2n) is 5.11. The van der Waals surface area contributed by atoms with E-state index >= 15 is 0 Å². The number of rotatable bonds is 4. The fourth-order valence-electron chi connectivity index (χ4n) is 2.37. The van der Waals surface area contributed by atoms with Crippen LogP contribution in [-0.2, 0) is 11.3 Å². The molecule has 0 aliphatic carbocycles. The van der Waals surface area contributed by atoms with E-state index in [9.17, 15) is 0 Å². The standard InChI is InChI=1S/C14H21BrN2O/c1-17(8-11-2-4-13(15)5-3-11)9-12-10-18-7-6-14(12)16/h2-5,12,14H,6-10,16H2,1H3. The summed E-state index contributed by atoms with van der Waals surface area (Å²) < 4.78 is 6.63. The maximum Gasteiger partial charge on any atom is 0.0521 e. The van der Waals surface area contributed by atoms with Crippen LogP contribution in [0.5, 0.6) is 0 Å². The van der Waals surface area contributed by atoms with Gasteiger partial charge in [0, 0.05) is 36.1 Å². The lowest BCUT2D eigenvalue weighted by Crippen LogP contribution is -2.44. The van der Waals surface area contributed by atoms with E-state index in [1.54, 1.807) is 0 Å². The molecule has 2 unspecified atom stereocenters. The smallest absolute Gasteiger partial charge is 0.0521 e. The zero-order valence-corrected chi connectivity index (χ0v) is 12.4. The van der Waals surface area contributed by atoms with Crippen molar-refractivity contribution in [3.63, 3.8) is 0 Å². The Morgan fingerprint density at radius 2 is 2.11 bits per heavy atom. The maximum absolute atomic E-state index is 6.13. The third kappa shape index (κ3) is 4.05. The summed E-state index contributed by atoms with van der Waals surface area (Å²) in [5, 5.41) is 0. The maximum atomic E-state index is 6.13. The van der Waals surface area contributed by atoms with Crippen LogP contribution < -0.4 is 5.73 Å². The Balaban J connectivity index is 1.84. The molecule has 2 N–H and O–H groups in total. The van der Waals surface area contributed by atoms with Crippen molar-refractivity contribution < 1.29 is 4.74 Å². The number of nitrogens with zero attached hydrogens (tertiary/aromatic N) is 1. The van der Waals surface area contributed by atoms with Gasteiger partial charge in [0.1, 0.15) is 0 Å². The van der Waals surface area contributed by atoms with Crippen LogP contribution in [-0.4, -0.2) is 37.7 Å². The molecule has 1 aromatic rings. The van der Waals surface area contributed by atoms with Crippen LogP contribution in [0, 0.1) is 5.92 Å². The van der Waals surface area contributed by atoms with Gasteiger partial charge in [0.05, 0.1) is 6.61 Å². The van der Waals surface area contributed by atoms with Gasteiger partial charge >= 0.3 is 0 Å². The molecule has 1 fully saturated rings. The highest BCUT2D eigenvalue weighted by atomic mass is 79.9. The van der Waals surface area contributed by atoms with Gasteiger partial charge < -0.3 is 15.4 Å². The van der Waals surface area contributed by atoms with Gasteiger partial charge in [-0.1, -0.05) is 28.1 Å². The molecule has 1 saturated heterocycles. The summed E-state index contributed by atoms with van der Waals surface area (Å²) in [7, 11) is 2.14. The highest BCUT2D eigenvalue weighted by Crippen LogP contribution is 2.16. The van der Waals surface area contributed by atoms with E-state index in [1.807, 2.05) is 0 Å². The first kappa shape index (κ1) is 14.0. The fourth-order valence-corrected chi connectivity index (χ4v) is 2.63. The third-order valence-electron chi connectivity index (χ3n) is 3.44. The van der Waals surface area contributed by atoms with Crippen LogP contribution in [0.25, 0.3) is 0 Å². The van der Waals surface area contributed by atoms with Crippen molar-refractivity contribution in [1.82, 2.24) is 4.90 Å². The van der Waals surface area contributed by atoms with Crippen molar-refractivity contribution in [2.24, 2.45) is 11.7 Å². The lowest BCUT2D eigenvalue weighted by Gasteiger charge is -2.32. The van der Waals surface area contributed by atoms with Gasteiger partial charge in [0.2, 0.25) is 0 Å². The van der Waals surface area contributed by atoms with E-state index in [4.69, 9.17) is 10.5 Å². The summed E-state index contributed by atoms with van der Waals surface area (Å²) in [4.78, 5) is 2.32. The Labute approximate surface area is 117 Å². The number of benzene rings is 1. The molecule has 1 aliphatic rings. The lowest BCUT2D eigenvalue weighted by atomic mass is 9.96. The average molecular weight is 313 g/mol. The third-order valence-corrected chi connectivity index (χ3v) is 3.97. The Morgan fingerprint density at radius 3 is 2.78 bits per heavy atom. The first-order valence-corrected chi connectivity index (χ1v) is 7.21. The second-order valence-corrected chi connectivity index (χ2v) is 6.03. The van der Waals surface area contributed by atoms with E-state index in [2.05, 4.69) is 52.1 Å². The lowest BCUT2D eigenvalue weighted by molar-refractivity contribution is 0.0286. The summed E-state index contributed by atoms with van der Waals surface area (Å²) in [6.07, 6.45) is 0.983. The van der Waals surface area contributed by atoms with Crippen molar-refractivity contribution in [3.05, 3.63) is 34.3 Å². The topological polar surface area (TPSA) is 38.5 Å². The minimum Gasteiger partial charge on any atom is -0.381 e. The molecule has 100 valence electrons. The molecule has 0 aromatic heterocycles. The zero-order valence-electron chi connectivity index (χ0n) is 10.8. The average Bonchev–Trinajstić information content (AvgIpc) is 2.35. The van der Waals surface area contributed by atoms with E-state index in [-0.39, 0.29) is 6.04 Å². The van der Waals surface area contributed by atoms with E-state index < -0.39 is 0 Å². The predicted molar refractivity (Wildman–Crippen MR) is 77.4 cm³/mol. The summed E-state index contributed by atoms with van der Waals surface area (Å²) >= 11 is 3.45. The predicted octanol–water partition coefficient (Wildman–Crippen LogP) is 2.24. The van der Waals surface area contributed by atoms with Crippen LogP contribution in [0.15, 0.2) is 28.7 Å². The first-order chi connectivity index (χ1) is 8.65. The molecule has 2 rings (SSSR count). The molecule has 3 nitrogen and oxygen atoms in total. The number of hydrogen-bond acceptors (Lipinski definition) is 3. The molecule has 2 atom stereocenters. The molecule has 18 heavy (non-hydrogen) atoms. The molecular formula is C14H21BrN2O. The van der Waals surface area contributed by atoms with Crippen molar-refractivity contribution in [2.75, 3.05) is 26.8 Å². The number of ether oxygens (including phenoxy) is 1. The Hall–Kier alpha value is -0.420. The Morgan fingerprint density at radius 1 is 1.39 bits per heavy atom. The zero-order chi connectivity index (χ0) is 13.0. The van der Waals surface area contributed by atoms with Crippen molar-refractivity contribution >= 4 is 15.9 Å². The minimum atomic E-state index is 0.283. The molecule has 4 heteroatoms. The molecule has 1 heterocycles. The van der Waals surface area contributed by atoms with Gasteiger partial charge in [-0.3, -0.25) is 0 Å². The minimum absolute atomic E-state index is 0.283. The molecule has 0 saturated carbocycles. The van der Waals surface area contributed by atoms with Crippen LogP contribution in [0.2, 0.25) is 0 Å². The van der Waals surface area contributed by atoms with Crippen LogP contribution in [0.4, 0.5) is 0 Å². The molecular weight excluding hydrogens is 292 g/mol. The Bertz CT molecular complexity index is 369. The van der Waals surface area contributed by atoms with Crippen LogP contribution >= 0.6 is 15.9 Å². The second kappa shape index (κ2) is 6.66. The van der Waals surface area contributed by atoms with Crippen molar-refractivity contribution in [3.8, 4) is 0 Å². The van der Waals surface area contributed by atoms with Gasteiger partial charge in [-0.2, -0.15) is 0 Å². The van der Waals surface area contributed by atoms with Crippen molar-refractivity contribution in [1.29, 1.82) is 0 Å². The summed E-state index contributed by atoms with van der Waals surface area (Å²) in [5.74, 6) is 0.458.